The number of carbonyl (C=O) groups excluding carboxylic acids is 1. The lowest BCUT2D eigenvalue weighted by Gasteiger charge is -2.14. The van der Waals surface area contributed by atoms with Crippen molar-refractivity contribution < 1.29 is 9.90 Å². The Hall–Kier alpha value is -1.35. The quantitative estimate of drug-likeness (QED) is 0.764. The highest BCUT2D eigenvalue weighted by atomic mass is 16.3. The molecule has 1 rings (SSSR count). The lowest BCUT2D eigenvalue weighted by molar-refractivity contribution is -0.121. The molecule has 0 aliphatic rings. The molecule has 3 nitrogen and oxygen atoms in total. The van der Waals surface area contributed by atoms with Crippen LogP contribution in [0.4, 0.5) is 0 Å². The molecule has 1 unspecified atom stereocenters. The Morgan fingerprint density at radius 3 is 2.60 bits per heavy atom. The van der Waals surface area contributed by atoms with Crippen LogP contribution in [0.5, 0.6) is 0 Å². The van der Waals surface area contributed by atoms with Crippen LogP contribution < -0.4 is 5.32 Å². The van der Waals surface area contributed by atoms with Gasteiger partial charge in [-0.25, -0.2) is 0 Å². The Morgan fingerprint density at radius 1 is 1.40 bits per heavy atom. The summed E-state index contributed by atoms with van der Waals surface area (Å²) in [6.07, 6.45) is 1.05. The number of rotatable bonds is 5. The number of aliphatic hydroxyl groups excluding tert-OH is 1. The summed E-state index contributed by atoms with van der Waals surface area (Å²) in [6, 6.07) is 9.82. The van der Waals surface area contributed by atoms with E-state index < -0.39 is 0 Å². The molecule has 15 heavy (non-hydrogen) atoms. The molecule has 0 heterocycles. The van der Waals surface area contributed by atoms with Crippen molar-refractivity contribution in [2.24, 2.45) is 0 Å². The monoisotopic (exact) mass is 207 g/mol. The third kappa shape index (κ3) is 3.72. The molecule has 1 atom stereocenters. The summed E-state index contributed by atoms with van der Waals surface area (Å²) in [4.78, 5) is 11.3. The molecule has 0 saturated heterocycles. The Balaban J connectivity index is 2.70. The van der Waals surface area contributed by atoms with Crippen LogP contribution in [0.1, 0.15) is 24.3 Å². The first-order valence-corrected chi connectivity index (χ1v) is 5.14. The normalized spacial score (nSPS) is 12.1. The van der Waals surface area contributed by atoms with E-state index in [0.29, 0.717) is 12.8 Å². The molecule has 0 spiro atoms. The predicted octanol–water partition coefficient (Wildman–Crippen LogP) is 1.29. The lowest BCUT2D eigenvalue weighted by Crippen LogP contribution is -2.21. The number of carbonyl (C=O) groups is 1. The second kappa shape index (κ2) is 6.19. The zero-order chi connectivity index (χ0) is 11.1. The van der Waals surface area contributed by atoms with Crippen molar-refractivity contribution in [3.05, 3.63) is 35.9 Å². The van der Waals surface area contributed by atoms with Crippen molar-refractivity contribution >= 4 is 5.91 Å². The van der Waals surface area contributed by atoms with Crippen LogP contribution in [-0.4, -0.2) is 24.7 Å². The van der Waals surface area contributed by atoms with Crippen LogP contribution in [0.25, 0.3) is 0 Å². The van der Waals surface area contributed by atoms with Crippen LogP contribution in [-0.2, 0) is 4.79 Å². The number of nitrogens with one attached hydrogen (secondary N) is 1. The SMILES string of the molecule is CNC(=O)CC(CCO)c1ccccc1. The minimum Gasteiger partial charge on any atom is -0.396 e. The fraction of sp³-hybridized carbons (Fsp3) is 0.417. The molecule has 0 radical (unpaired) electrons. The van der Waals surface area contributed by atoms with Gasteiger partial charge in [-0.05, 0) is 17.9 Å². The molecule has 0 aromatic heterocycles. The Morgan fingerprint density at radius 2 is 2.07 bits per heavy atom. The first-order chi connectivity index (χ1) is 7.27. The Kier molecular flexibility index (Phi) is 4.84. The van der Waals surface area contributed by atoms with Crippen molar-refractivity contribution in [1.82, 2.24) is 5.32 Å². The third-order valence-corrected chi connectivity index (χ3v) is 2.46. The number of benzene rings is 1. The predicted molar refractivity (Wildman–Crippen MR) is 59.6 cm³/mol. The highest BCUT2D eigenvalue weighted by Gasteiger charge is 2.14. The molecule has 0 aliphatic heterocycles. The minimum absolute atomic E-state index is 0.0114. The van der Waals surface area contributed by atoms with Gasteiger partial charge in [-0.1, -0.05) is 30.3 Å². The third-order valence-electron chi connectivity index (χ3n) is 2.46. The summed E-state index contributed by atoms with van der Waals surface area (Å²) in [6.45, 7) is 0.108. The number of amides is 1. The van der Waals surface area contributed by atoms with E-state index in [9.17, 15) is 4.79 Å². The molecule has 3 heteroatoms. The number of hydrogen-bond acceptors (Lipinski definition) is 2. The molecule has 1 aromatic carbocycles. The van der Waals surface area contributed by atoms with Crippen LogP contribution >= 0.6 is 0 Å². The van der Waals surface area contributed by atoms with Gasteiger partial charge in [0.15, 0.2) is 0 Å². The molecule has 0 bridgehead atoms. The van der Waals surface area contributed by atoms with E-state index in [1.54, 1.807) is 7.05 Å². The number of aliphatic hydroxyl groups is 1. The van der Waals surface area contributed by atoms with Gasteiger partial charge < -0.3 is 10.4 Å². The van der Waals surface area contributed by atoms with Crippen LogP contribution in [0.3, 0.4) is 0 Å². The van der Waals surface area contributed by atoms with Gasteiger partial charge in [-0.2, -0.15) is 0 Å². The first kappa shape index (κ1) is 11.7. The second-order valence-corrected chi connectivity index (χ2v) is 3.50. The van der Waals surface area contributed by atoms with Crippen LogP contribution in [0, 0.1) is 0 Å². The van der Waals surface area contributed by atoms with Crippen LogP contribution in [0.15, 0.2) is 30.3 Å². The Labute approximate surface area is 90.1 Å². The van der Waals surface area contributed by atoms with Crippen molar-refractivity contribution in [2.75, 3.05) is 13.7 Å². The van der Waals surface area contributed by atoms with Gasteiger partial charge in [0.05, 0.1) is 0 Å². The zero-order valence-electron chi connectivity index (χ0n) is 8.94. The maximum atomic E-state index is 11.3. The van der Waals surface area contributed by atoms with Crippen molar-refractivity contribution in [3.8, 4) is 0 Å². The zero-order valence-corrected chi connectivity index (χ0v) is 8.94. The largest absolute Gasteiger partial charge is 0.396 e. The summed E-state index contributed by atoms with van der Waals surface area (Å²) in [5, 5.41) is 11.6. The fourth-order valence-electron chi connectivity index (χ4n) is 1.59. The second-order valence-electron chi connectivity index (χ2n) is 3.50. The van der Waals surface area contributed by atoms with Gasteiger partial charge in [0.2, 0.25) is 5.91 Å². The highest BCUT2D eigenvalue weighted by molar-refractivity contribution is 5.76. The van der Waals surface area contributed by atoms with Gasteiger partial charge in [-0.3, -0.25) is 4.79 Å². The smallest absolute Gasteiger partial charge is 0.220 e. The molecule has 1 amide bonds. The van der Waals surface area contributed by atoms with Crippen molar-refractivity contribution in [1.29, 1.82) is 0 Å². The van der Waals surface area contributed by atoms with Gasteiger partial charge in [0, 0.05) is 20.1 Å². The molecule has 1 aromatic rings. The van der Waals surface area contributed by atoms with Gasteiger partial charge >= 0.3 is 0 Å². The standard InChI is InChI=1S/C12H17NO2/c1-13-12(15)9-11(7-8-14)10-5-3-2-4-6-10/h2-6,11,14H,7-9H2,1H3,(H,13,15). The molecular formula is C12H17NO2. The summed E-state index contributed by atoms with van der Waals surface area (Å²) < 4.78 is 0. The lowest BCUT2D eigenvalue weighted by atomic mass is 9.92. The van der Waals surface area contributed by atoms with Gasteiger partial charge in [0.1, 0.15) is 0 Å². The summed E-state index contributed by atoms with van der Waals surface area (Å²) in [7, 11) is 1.63. The summed E-state index contributed by atoms with van der Waals surface area (Å²) >= 11 is 0. The molecule has 2 N–H and O–H groups in total. The average molecular weight is 207 g/mol. The van der Waals surface area contributed by atoms with E-state index in [-0.39, 0.29) is 18.4 Å². The molecule has 0 aliphatic carbocycles. The maximum Gasteiger partial charge on any atom is 0.220 e. The fourth-order valence-corrected chi connectivity index (χ4v) is 1.59. The Bertz CT molecular complexity index is 298. The van der Waals surface area contributed by atoms with E-state index in [4.69, 9.17) is 5.11 Å². The van der Waals surface area contributed by atoms with E-state index in [1.807, 2.05) is 30.3 Å². The highest BCUT2D eigenvalue weighted by Crippen LogP contribution is 2.22. The molecule has 0 fully saturated rings. The van der Waals surface area contributed by atoms with Gasteiger partial charge in [-0.15, -0.1) is 0 Å². The van der Waals surface area contributed by atoms with Gasteiger partial charge in [0.25, 0.3) is 0 Å². The first-order valence-electron chi connectivity index (χ1n) is 5.14. The van der Waals surface area contributed by atoms with E-state index in [0.717, 1.165) is 5.56 Å². The van der Waals surface area contributed by atoms with E-state index in [1.165, 1.54) is 0 Å². The average Bonchev–Trinajstić information content (AvgIpc) is 2.29. The molecule has 0 saturated carbocycles. The summed E-state index contributed by atoms with van der Waals surface area (Å²) in [5.41, 5.74) is 1.11. The van der Waals surface area contributed by atoms with Crippen molar-refractivity contribution in [3.63, 3.8) is 0 Å². The van der Waals surface area contributed by atoms with Crippen LogP contribution in [0.2, 0.25) is 0 Å². The maximum absolute atomic E-state index is 11.3. The summed E-state index contributed by atoms with van der Waals surface area (Å²) in [5.74, 6) is 0.119. The topological polar surface area (TPSA) is 49.3 Å². The minimum atomic E-state index is 0.0114. The van der Waals surface area contributed by atoms with E-state index in [2.05, 4.69) is 5.32 Å². The molecule has 82 valence electrons. The van der Waals surface area contributed by atoms with Crippen molar-refractivity contribution in [2.45, 2.75) is 18.8 Å². The van der Waals surface area contributed by atoms with E-state index >= 15 is 0 Å². The number of hydrogen-bond donors (Lipinski definition) is 2. The molecular weight excluding hydrogens is 190 g/mol.